The van der Waals surface area contributed by atoms with Gasteiger partial charge in [0.15, 0.2) is 0 Å². The molecule has 3 aromatic carbocycles. The van der Waals surface area contributed by atoms with Crippen LogP contribution in [0.5, 0.6) is 11.5 Å². The SMILES string of the molecule is COc1ccccc1CCOc1cccc(NC(=O)c2cccc(Br)c2)c1. The fraction of sp³-hybridized carbons (Fsp3) is 0.136. The van der Waals surface area contributed by atoms with Gasteiger partial charge in [0.1, 0.15) is 11.5 Å². The van der Waals surface area contributed by atoms with E-state index in [-0.39, 0.29) is 5.91 Å². The molecule has 0 saturated heterocycles. The van der Waals surface area contributed by atoms with Crippen LogP contribution in [-0.4, -0.2) is 19.6 Å². The summed E-state index contributed by atoms with van der Waals surface area (Å²) >= 11 is 3.38. The van der Waals surface area contributed by atoms with E-state index in [4.69, 9.17) is 9.47 Å². The molecule has 0 saturated carbocycles. The summed E-state index contributed by atoms with van der Waals surface area (Å²) in [5.41, 5.74) is 2.38. The van der Waals surface area contributed by atoms with Crippen molar-refractivity contribution in [1.82, 2.24) is 0 Å². The number of carbonyl (C=O) groups is 1. The summed E-state index contributed by atoms with van der Waals surface area (Å²) in [5, 5.41) is 2.89. The lowest BCUT2D eigenvalue weighted by Gasteiger charge is -2.11. The fourth-order valence-corrected chi connectivity index (χ4v) is 3.08. The number of ether oxygens (including phenoxy) is 2. The minimum Gasteiger partial charge on any atom is -0.496 e. The lowest BCUT2D eigenvalue weighted by molar-refractivity contribution is 0.102. The van der Waals surface area contributed by atoms with Crippen LogP contribution in [0.1, 0.15) is 15.9 Å². The first kappa shape index (κ1) is 19.0. The van der Waals surface area contributed by atoms with Gasteiger partial charge in [-0.05, 0) is 42.0 Å². The largest absolute Gasteiger partial charge is 0.496 e. The van der Waals surface area contributed by atoms with Crippen molar-refractivity contribution in [3.05, 3.63) is 88.4 Å². The lowest BCUT2D eigenvalue weighted by atomic mass is 10.1. The van der Waals surface area contributed by atoms with E-state index in [1.165, 1.54) is 0 Å². The van der Waals surface area contributed by atoms with Crippen LogP contribution < -0.4 is 14.8 Å². The zero-order chi connectivity index (χ0) is 19.1. The Balaban J connectivity index is 1.59. The molecule has 0 aliphatic carbocycles. The molecule has 0 spiro atoms. The Labute approximate surface area is 167 Å². The van der Waals surface area contributed by atoms with Gasteiger partial charge in [0.05, 0.1) is 13.7 Å². The summed E-state index contributed by atoms with van der Waals surface area (Å²) in [6, 6.07) is 22.5. The van der Waals surface area contributed by atoms with Gasteiger partial charge in [0.2, 0.25) is 0 Å². The van der Waals surface area contributed by atoms with Crippen molar-refractivity contribution >= 4 is 27.5 Å². The van der Waals surface area contributed by atoms with E-state index < -0.39 is 0 Å². The third-order valence-electron chi connectivity index (χ3n) is 4.01. The molecule has 3 aromatic rings. The quantitative estimate of drug-likeness (QED) is 0.556. The molecule has 0 aliphatic heterocycles. The van der Waals surface area contributed by atoms with E-state index in [0.717, 1.165) is 22.2 Å². The second kappa shape index (κ2) is 9.24. The normalized spacial score (nSPS) is 10.3. The van der Waals surface area contributed by atoms with E-state index in [0.29, 0.717) is 23.6 Å². The molecule has 0 aromatic heterocycles. The molecule has 0 fully saturated rings. The summed E-state index contributed by atoms with van der Waals surface area (Å²) in [6.45, 7) is 0.517. The van der Waals surface area contributed by atoms with Crippen molar-refractivity contribution in [2.45, 2.75) is 6.42 Å². The Kier molecular flexibility index (Phi) is 6.49. The van der Waals surface area contributed by atoms with Gasteiger partial charge >= 0.3 is 0 Å². The number of rotatable bonds is 7. The molecule has 5 heteroatoms. The highest BCUT2D eigenvalue weighted by molar-refractivity contribution is 9.10. The molecule has 0 heterocycles. The van der Waals surface area contributed by atoms with E-state index in [1.54, 1.807) is 19.2 Å². The van der Waals surface area contributed by atoms with Crippen LogP contribution in [0, 0.1) is 0 Å². The van der Waals surface area contributed by atoms with Crippen LogP contribution in [0.2, 0.25) is 0 Å². The van der Waals surface area contributed by atoms with Gasteiger partial charge in [0.25, 0.3) is 5.91 Å². The van der Waals surface area contributed by atoms with Gasteiger partial charge in [0, 0.05) is 28.2 Å². The number of benzene rings is 3. The predicted octanol–water partition coefficient (Wildman–Crippen LogP) is 5.33. The summed E-state index contributed by atoms with van der Waals surface area (Å²) in [6.07, 6.45) is 0.735. The zero-order valence-electron chi connectivity index (χ0n) is 14.9. The molecular weight excluding hydrogens is 406 g/mol. The Morgan fingerprint density at radius 1 is 1.00 bits per heavy atom. The molecule has 138 valence electrons. The molecule has 3 rings (SSSR count). The minimum atomic E-state index is -0.164. The van der Waals surface area contributed by atoms with Crippen molar-refractivity contribution in [3.8, 4) is 11.5 Å². The fourth-order valence-electron chi connectivity index (χ4n) is 2.68. The van der Waals surface area contributed by atoms with Crippen LogP contribution in [0.15, 0.2) is 77.3 Å². The number of methoxy groups -OCH3 is 1. The number of halogens is 1. The molecular formula is C22H20BrNO3. The van der Waals surface area contributed by atoms with Gasteiger partial charge in [-0.1, -0.05) is 46.3 Å². The molecule has 0 atom stereocenters. The van der Waals surface area contributed by atoms with E-state index >= 15 is 0 Å². The maximum atomic E-state index is 12.4. The Morgan fingerprint density at radius 2 is 1.81 bits per heavy atom. The van der Waals surface area contributed by atoms with Gasteiger partial charge in [-0.15, -0.1) is 0 Å². The zero-order valence-corrected chi connectivity index (χ0v) is 16.5. The lowest BCUT2D eigenvalue weighted by Crippen LogP contribution is -2.12. The monoisotopic (exact) mass is 425 g/mol. The van der Waals surface area contributed by atoms with Crippen LogP contribution in [0.3, 0.4) is 0 Å². The Morgan fingerprint density at radius 3 is 2.63 bits per heavy atom. The average molecular weight is 426 g/mol. The maximum Gasteiger partial charge on any atom is 0.255 e. The molecule has 0 bridgehead atoms. The Hall–Kier alpha value is -2.79. The van der Waals surface area contributed by atoms with Crippen molar-refractivity contribution < 1.29 is 14.3 Å². The van der Waals surface area contributed by atoms with Crippen LogP contribution >= 0.6 is 15.9 Å². The van der Waals surface area contributed by atoms with Gasteiger partial charge in [-0.3, -0.25) is 4.79 Å². The molecule has 1 amide bonds. The minimum absolute atomic E-state index is 0.164. The third-order valence-corrected chi connectivity index (χ3v) is 4.50. The number of nitrogens with one attached hydrogen (secondary N) is 1. The third kappa shape index (κ3) is 5.34. The first-order valence-corrected chi connectivity index (χ1v) is 9.36. The van der Waals surface area contributed by atoms with Crippen LogP contribution in [0.4, 0.5) is 5.69 Å². The molecule has 1 N–H and O–H groups in total. The van der Waals surface area contributed by atoms with E-state index in [9.17, 15) is 4.79 Å². The standard InChI is InChI=1S/C22H20BrNO3/c1-26-21-11-3-2-6-16(21)12-13-27-20-10-5-9-19(15-20)24-22(25)17-7-4-8-18(23)14-17/h2-11,14-15H,12-13H2,1H3,(H,24,25). The van der Waals surface area contributed by atoms with Crippen molar-refractivity contribution in [3.63, 3.8) is 0 Å². The molecule has 0 aliphatic rings. The van der Waals surface area contributed by atoms with Gasteiger partial charge in [-0.25, -0.2) is 0 Å². The van der Waals surface area contributed by atoms with E-state index in [1.807, 2.05) is 60.7 Å². The highest BCUT2D eigenvalue weighted by Gasteiger charge is 2.07. The molecule has 4 nitrogen and oxygen atoms in total. The topological polar surface area (TPSA) is 47.6 Å². The predicted molar refractivity (Wildman–Crippen MR) is 111 cm³/mol. The van der Waals surface area contributed by atoms with E-state index in [2.05, 4.69) is 21.2 Å². The molecule has 27 heavy (non-hydrogen) atoms. The number of para-hydroxylation sites is 1. The number of hydrogen-bond donors (Lipinski definition) is 1. The van der Waals surface area contributed by atoms with Crippen molar-refractivity contribution in [2.75, 3.05) is 19.0 Å². The first-order chi connectivity index (χ1) is 13.2. The number of anilines is 1. The summed E-state index contributed by atoms with van der Waals surface area (Å²) in [5.74, 6) is 1.40. The van der Waals surface area contributed by atoms with Gasteiger partial charge < -0.3 is 14.8 Å². The molecule has 0 radical (unpaired) electrons. The van der Waals surface area contributed by atoms with Crippen LogP contribution in [-0.2, 0) is 6.42 Å². The average Bonchev–Trinajstić information content (AvgIpc) is 2.68. The van der Waals surface area contributed by atoms with Crippen LogP contribution in [0.25, 0.3) is 0 Å². The highest BCUT2D eigenvalue weighted by Crippen LogP contribution is 2.21. The maximum absolute atomic E-state index is 12.4. The van der Waals surface area contributed by atoms with Crippen molar-refractivity contribution in [1.29, 1.82) is 0 Å². The summed E-state index contributed by atoms with van der Waals surface area (Å²) in [7, 11) is 1.66. The van der Waals surface area contributed by atoms with Crippen molar-refractivity contribution in [2.24, 2.45) is 0 Å². The number of amides is 1. The van der Waals surface area contributed by atoms with Gasteiger partial charge in [-0.2, -0.15) is 0 Å². The molecule has 0 unspecified atom stereocenters. The smallest absolute Gasteiger partial charge is 0.255 e. The second-order valence-corrected chi connectivity index (χ2v) is 6.82. The first-order valence-electron chi connectivity index (χ1n) is 8.57. The Bertz CT molecular complexity index is 927. The number of hydrogen-bond acceptors (Lipinski definition) is 3. The summed E-state index contributed by atoms with van der Waals surface area (Å²) < 4.78 is 12.1. The number of carbonyl (C=O) groups excluding carboxylic acids is 1. The summed E-state index contributed by atoms with van der Waals surface area (Å²) in [4.78, 5) is 12.4. The highest BCUT2D eigenvalue weighted by atomic mass is 79.9. The second-order valence-electron chi connectivity index (χ2n) is 5.90.